The van der Waals surface area contributed by atoms with Crippen LogP contribution in [-0.2, 0) is 4.79 Å². The van der Waals surface area contributed by atoms with E-state index in [1.165, 1.54) is 6.42 Å². The van der Waals surface area contributed by atoms with Gasteiger partial charge in [0.05, 0.1) is 22.5 Å². The molecule has 2 fully saturated rings. The number of anilines is 1. The third-order valence-corrected chi connectivity index (χ3v) is 6.12. The molecule has 0 radical (unpaired) electrons. The highest BCUT2D eigenvalue weighted by atomic mass is 16.6. The Balaban J connectivity index is 1.43. The molecule has 0 aliphatic carbocycles. The molecule has 8 nitrogen and oxygen atoms in total. The lowest BCUT2D eigenvalue weighted by Crippen LogP contribution is -2.52. The second-order valence-electron chi connectivity index (χ2n) is 7.96. The summed E-state index contributed by atoms with van der Waals surface area (Å²) >= 11 is 0. The third-order valence-electron chi connectivity index (χ3n) is 6.12. The first-order chi connectivity index (χ1) is 14.0. The van der Waals surface area contributed by atoms with Gasteiger partial charge in [0.15, 0.2) is 0 Å². The van der Waals surface area contributed by atoms with Crippen molar-refractivity contribution in [2.75, 3.05) is 44.2 Å². The molecule has 1 aromatic heterocycles. The lowest BCUT2D eigenvalue weighted by Gasteiger charge is -2.38. The number of benzene rings is 1. The first kappa shape index (κ1) is 19.6. The standard InChI is InChI=1S/C21H27N5O3/c1-16-5-2-3-10-25(16)20(27)15-23-11-13-24(14-12-23)19-8-7-18(26(28)29)17-6-4-9-22-21(17)19/h4,6-9,16H,2-3,5,10-15H2,1H3. The van der Waals surface area contributed by atoms with Crippen LogP contribution in [0.15, 0.2) is 30.5 Å². The van der Waals surface area contributed by atoms with E-state index in [2.05, 4.69) is 21.7 Å². The number of non-ortho nitro benzene ring substituents is 1. The summed E-state index contributed by atoms with van der Waals surface area (Å²) in [7, 11) is 0. The predicted octanol–water partition coefficient (Wildman–Crippen LogP) is 2.67. The molecule has 4 rings (SSSR count). The Labute approximate surface area is 170 Å². The van der Waals surface area contributed by atoms with E-state index < -0.39 is 0 Å². The summed E-state index contributed by atoms with van der Waals surface area (Å²) in [6.45, 7) is 6.61. The fourth-order valence-electron chi connectivity index (χ4n) is 4.45. The summed E-state index contributed by atoms with van der Waals surface area (Å²) in [5, 5.41) is 11.9. The number of likely N-dealkylation sites (tertiary alicyclic amines) is 1. The Hall–Kier alpha value is -2.74. The van der Waals surface area contributed by atoms with Crippen molar-refractivity contribution in [3.63, 3.8) is 0 Å². The van der Waals surface area contributed by atoms with Crippen molar-refractivity contribution < 1.29 is 9.72 Å². The number of rotatable bonds is 4. The van der Waals surface area contributed by atoms with Crippen LogP contribution in [0.3, 0.4) is 0 Å². The number of nitro groups is 1. The lowest BCUT2D eigenvalue weighted by molar-refractivity contribution is -0.383. The molecule has 3 heterocycles. The van der Waals surface area contributed by atoms with Gasteiger partial charge in [0, 0.05) is 51.0 Å². The maximum Gasteiger partial charge on any atom is 0.278 e. The largest absolute Gasteiger partial charge is 0.367 e. The number of carbonyl (C=O) groups is 1. The first-order valence-electron chi connectivity index (χ1n) is 10.3. The number of hydrogen-bond acceptors (Lipinski definition) is 6. The van der Waals surface area contributed by atoms with Crippen molar-refractivity contribution in [1.82, 2.24) is 14.8 Å². The number of aromatic nitrogens is 1. The molecule has 154 valence electrons. The number of amides is 1. The number of piperazine rings is 1. The number of pyridine rings is 1. The van der Waals surface area contributed by atoms with Crippen LogP contribution < -0.4 is 4.90 Å². The summed E-state index contributed by atoms with van der Waals surface area (Å²) < 4.78 is 0. The number of hydrogen-bond donors (Lipinski definition) is 0. The minimum atomic E-state index is -0.362. The molecule has 2 aromatic rings. The lowest BCUT2D eigenvalue weighted by atomic mass is 10.0. The van der Waals surface area contributed by atoms with E-state index in [1.807, 2.05) is 4.90 Å². The highest BCUT2D eigenvalue weighted by molar-refractivity contribution is 5.97. The Morgan fingerprint density at radius 2 is 1.97 bits per heavy atom. The molecule has 0 N–H and O–H groups in total. The molecule has 1 atom stereocenters. The number of nitro benzene ring substituents is 1. The van der Waals surface area contributed by atoms with E-state index in [0.29, 0.717) is 23.5 Å². The van der Waals surface area contributed by atoms with Gasteiger partial charge in [-0.1, -0.05) is 0 Å². The molecule has 1 aromatic carbocycles. The predicted molar refractivity (Wildman–Crippen MR) is 112 cm³/mol. The van der Waals surface area contributed by atoms with Gasteiger partial charge in [-0.25, -0.2) is 0 Å². The van der Waals surface area contributed by atoms with Gasteiger partial charge in [-0.05, 0) is 44.4 Å². The highest BCUT2D eigenvalue weighted by Crippen LogP contribution is 2.32. The van der Waals surface area contributed by atoms with Crippen LogP contribution in [0.4, 0.5) is 11.4 Å². The third kappa shape index (κ3) is 4.03. The zero-order valence-electron chi connectivity index (χ0n) is 16.8. The van der Waals surface area contributed by atoms with Crippen molar-refractivity contribution >= 4 is 28.2 Å². The molecule has 1 amide bonds. The molecule has 8 heteroatoms. The van der Waals surface area contributed by atoms with E-state index >= 15 is 0 Å². The van der Waals surface area contributed by atoms with Crippen LogP contribution in [0.5, 0.6) is 0 Å². The topological polar surface area (TPSA) is 82.8 Å². The van der Waals surface area contributed by atoms with Crippen LogP contribution >= 0.6 is 0 Å². The molecule has 0 saturated carbocycles. The summed E-state index contributed by atoms with van der Waals surface area (Å²) in [4.78, 5) is 34.5. The summed E-state index contributed by atoms with van der Waals surface area (Å²) in [6, 6.07) is 7.18. The minimum absolute atomic E-state index is 0.0803. The first-order valence-corrected chi connectivity index (χ1v) is 10.3. The second kappa shape index (κ2) is 8.32. The quantitative estimate of drug-likeness (QED) is 0.583. The number of fused-ring (bicyclic) bond motifs is 1. The van der Waals surface area contributed by atoms with Gasteiger partial charge in [0.1, 0.15) is 5.52 Å². The molecule has 0 spiro atoms. The average Bonchev–Trinajstić information content (AvgIpc) is 2.73. The van der Waals surface area contributed by atoms with E-state index in [1.54, 1.807) is 30.5 Å². The Kier molecular flexibility index (Phi) is 5.62. The molecule has 1 unspecified atom stereocenters. The Bertz CT molecular complexity index is 910. The Morgan fingerprint density at radius 3 is 2.69 bits per heavy atom. The van der Waals surface area contributed by atoms with Gasteiger partial charge < -0.3 is 9.80 Å². The molecular formula is C21H27N5O3. The van der Waals surface area contributed by atoms with E-state index in [4.69, 9.17) is 0 Å². The van der Waals surface area contributed by atoms with Crippen LogP contribution in [0.2, 0.25) is 0 Å². The van der Waals surface area contributed by atoms with E-state index in [-0.39, 0.29) is 16.5 Å². The zero-order chi connectivity index (χ0) is 20.4. The molecule has 2 aliphatic rings. The summed E-state index contributed by atoms with van der Waals surface area (Å²) in [5.41, 5.74) is 1.66. The smallest absolute Gasteiger partial charge is 0.278 e. The minimum Gasteiger partial charge on any atom is -0.367 e. The number of carbonyl (C=O) groups excluding carboxylic acids is 1. The van der Waals surface area contributed by atoms with Crippen LogP contribution in [0, 0.1) is 10.1 Å². The highest BCUT2D eigenvalue weighted by Gasteiger charge is 2.27. The van der Waals surface area contributed by atoms with Crippen LogP contribution in [-0.4, -0.2) is 70.9 Å². The maximum absolute atomic E-state index is 12.7. The van der Waals surface area contributed by atoms with Crippen molar-refractivity contribution in [2.24, 2.45) is 0 Å². The SMILES string of the molecule is CC1CCCCN1C(=O)CN1CCN(c2ccc([N+](=O)[O-])c3cccnc23)CC1. The van der Waals surface area contributed by atoms with Gasteiger partial charge >= 0.3 is 0 Å². The number of nitrogens with zero attached hydrogens (tertiary/aromatic N) is 5. The van der Waals surface area contributed by atoms with E-state index in [9.17, 15) is 14.9 Å². The van der Waals surface area contributed by atoms with Gasteiger partial charge in [-0.15, -0.1) is 0 Å². The van der Waals surface area contributed by atoms with Crippen LogP contribution in [0.25, 0.3) is 10.9 Å². The van der Waals surface area contributed by atoms with Gasteiger partial charge in [-0.2, -0.15) is 0 Å². The van der Waals surface area contributed by atoms with Crippen LogP contribution in [0.1, 0.15) is 26.2 Å². The zero-order valence-corrected chi connectivity index (χ0v) is 16.8. The van der Waals surface area contributed by atoms with E-state index in [0.717, 1.165) is 51.3 Å². The molecule has 2 saturated heterocycles. The molecule has 2 aliphatic heterocycles. The number of piperidine rings is 1. The van der Waals surface area contributed by atoms with Gasteiger partial charge in [-0.3, -0.25) is 24.8 Å². The fourth-order valence-corrected chi connectivity index (χ4v) is 4.45. The fraction of sp³-hybridized carbons (Fsp3) is 0.524. The monoisotopic (exact) mass is 397 g/mol. The van der Waals surface area contributed by atoms with Crippen molar-refractivity contribution in [2.45, 2.75) is 32.2 Å². The van der Waals surface area contributed by atoms with Gasteiger partial charge in [0.25, 0.3) is 5.69 Å². The summed E-state index contributed by atoms with van der Waals surface area (Å²) in [5.74, 6) is 0.230. The van der Waals surface area contributed by atoms with Gasteiger partial charge in [0.2, 0.25) is 5.91 Å². The molecule has 29 heavy (non-hydrogen) atoms. The Morgan fingerprint density at radius 1 is 1.17 bits per heavy atom. The normalized spacial score (nSPS) is 20.8. The molecule has 0 bridgehead atoms. The molecular weight excluding hydrogens is 370 g/mol. The van der Waals surface area contributed by atoms with Crippen molar-refractivity contribution in [3.8, 4) is 0 Å². The maximum atomic E-state index is 12.7. The average molecular weight is 397 g/mol. The van der Waals surface area contributed by atoms with Crippen molar-refractivity contribution in [1.29, 1.82) is 0 Å². The van der Waals surface area contributed by atoms with Crippen molar-refractivity contribution in [3.05, 3.63) is 40.6 Å². The summed E-state index contributed by atoms with van der Waals surface area (Å²) in [6.07, 6.45) is 5.08. The second-order valence-corrected chi connectivity index (χ2v) is 7.96.